The predicted molar refractivity (Wildman–Crippen MR) is 74.6 cm³/mol. The summed E-state index contributed by atoms with van der Waals surface area (Å²) >= 11 is 0. The van der Waals surface area contributed by atoms with E-state index >= 15 is 0 Å². The average molecular weight is 277 g/mol. The zero-order chi connectivity index (χ0) is 14.1. The number of rotatable bonds is 4. The Bertz CT molecular complexity index is 505. The summed E-state index contributed by atoms with van der Waals surface area (Å²) in [6.45, 7) is 0. The normalized spacial score (nSPS) is 28.4. The van der Waals surface area contributed by atoms with Crippen LogP contribution in [0.3, 0.4) is 0 Å². The van der Waals surface area contributed by atoms with E-state index in [2.05, 4.69) is 5.32 Å². The van der Waals surface area contributed by atoms with Gasteiger partial charge in [-0.15, -0.1) is 0 Å². The third kappa shape index (κ3) is 2.57. The van der Waals surface area contributed by atoms with Crippen molar-refractivity contribution in [3.8, 4) is 5.75 Å². The van der Waals surface area contributed by atoms with Crippen LogP contribution in [0.25, 0.3) is 0 Å². The summed E-state index contributed by atoms with van der Waals surface area (Å²) in [6, 6.07) is 5.87. The van der Waals surface area contributed by atoms with Gasteiger partial charge in [0.05, 0.1) is 12.7 Å². The molecule has 2 atom stereocenters. The molecule has 2 unspecified atom stereocenters. The lowest BCUT2D eigenvalue weighted by molar-refractivity contribution is 0.0940. The molecular weight excluding hydrogens is 257 g/mol. The molecule has 0 spiro atoms. The first kappa shape index (κ1) is 13.6. The fourth-order valence-electron chi connectivity index (χ4n) is 3.60. The van der Waals surface area contributed by atoms with Crippen molar-refractivity contribution in [1.29, 1.82) is 0 Å². The number of hydrogen-bond acceptors (Lipinski definition) is 3. The molecule has 108 valence electrons. The van der Waals surface area contributed by atoms with Gasteiger partial charge < -0.3 is 10.1 Å². The van der Waals surface area contributed by atoms with Gasteiger partial charge in [-0.3, -0.25) is 4.79 Å². The smallest absolute Gasteiger partial charge is 0.175 e. The van der Waals surface area contributed by atoms with Crippen LogP contribution in [0, 0.1) is 11.7 Å². The quantitative estimate of drug-likeness (QED) is 0.860. The number of carbonyl (C=O) groups is 1. The van der Waals surface area contributed by atoms with Gasteiger partial charge in [-0.25, -0.2) is 4.39 Å². The van der Waals surface area contributed by atoms with Gasteiger partial charge in [-0.2, -0.15) is 0 Å². The number of benzene rings is 1. The largest absolute Gasteiger partial charge is 0.494 e. The summed E-state index contributed by atoms with van der Waals surface area (Å²) in [5.41, 5.74) is 0.162. The van der Waals surface area contributed by atoms with Crippen molar-refractivity contribution >= 4 is 5.78 Å². The molecule has 2 heterocycles. The van der Waals surface area contributed by atoms with E-state index in [0.717, 1.165) is 12.8 Å². The van der Waals surface area contributed by atoms with Crippen LogP contribution in [0.15, 0.2) is 18.2 Å². The van der Waals surface area contributed by atoms with Gasteiger partial charge in [0.1, 0.15) is 0 Å². The van der Waals surface area contributed by atoms with Crippen LogP contribution in [0.4, 0.5) is 4.39 Å². The van der Waals surface area contributed by atoms with Crippen LogP contribution in [0.1, 0.15) is 42.5 Å². The molecule has 1 N–H and O–H groups in total. The zero-order valence-corrected chi connectivity index (χ0v) is 11.7. The van der Waals surface area contributed by atoms with E-state index in [9.17, 15) is 9.18 Å². The summed E-state index contributed by atoms with van der Waals surface area (Å²) < 4.78 is 19.0. The van der Waals surface area contributed by atoms with Crippen LogP contribution in [-0.4, -0.2) is 25.0 Å². The topological polar surface area (TPSA) is 38.3 Å². The van der Waals surface area contributed by atoms with E-state index in [1.165, 1.54) is 26.0 Å². The lowest BCUT2D eigenvalue weighted by atomic mass is 9.87. The number of hydrogen-bond donors (Lipinski definition) is 1. The highest BCUT2D eigenvalue weighted by molar-refractivity contribution is 5.96. The van der Waals surface area contributed by atoms with Crippen LogP contribution in [-0.2, 0) is 0 Å². The van der Waals surface area contributed by atoms with Gasteiger partial charge in [-0.1, -0.05) is 6.07 Å². The summed E-state index contributed by atoms with van der Waals surface area (Å²) in [4.78, 5) is 12.3. The molecule has 3 nitrogen and oxygen atoms in total. The molecule has 2 fully saturated rings. The van der Waals surface area contributed by atoms with Gasteiger partial charge in [0.25, 0.3) is 0 Å². The highest BCUT2D eigenvalue weighted by Crippen LogP contribution is 2.34. The maximum Gasteiger partial charge on any atom is 0.175 e. The molecule has 1 aromatic carbocycles. The molecule has 0 radical (unpaired) electrons. The van der Waals surface area contributed by atoms with Crippen LogP contribution >= 0.6 is 0 Å². The molecule has 2 saturated heterocycles. The number of halogens is 1. The molecule has 2 bridgehead atoms. The molecule has 2 aliphatic rings. The number of piperidine rings is 1. The molecular formula is C16H20FNO2. The van der Waals surface area contributed by atoms with Gasteiger partial charge >= 0.3 is 0 Å². The minimum absolute atomic E-state index is 0.104. The zero-order valence-electron chi connectivity index (χ0n) is 11.7. The minimum Gasteiger partial charge on any atom is -0.494 e. The van der Waals surface area contributed by atoms with E-state index in [4.69, 9.17) is 4.74 Å². The van der Waals surface area contributed by atoms with Gasteiger partial charge in [0.2, 0.25) is 0 Å². The molecule has 3 rings (SSSR count). The van der Waals surface area contributed by atoms with Crippen molar-refractivity contribution in [2.45, 2.75) is 44.2 Å². The second-order valence-corrected chi connectivity index (χ2v) is 5.92. The van der Waals surface area contributed by atoms with Crippen molar-refractivity contribution in [3.63, 3.8) is 0 Å². The van der Waals surface area contributed by atoms with Crippen molar-refractivity contribution in [2.24, 2.45) is 5.92 Å². The molecule has 2 aliphatic heterocycles. The third-order valence-electron chi connectivity index (χ3n) is 4.53. The van der Waals surface area contributed by atoms with Crippen molar-refractivity contribution in [3.05, 3.63) is 29.6 Å². The molecule has 20 heavy (non-hydrogen) atoms. The van der Waals surface area contributed by atoms with Crippen molar-refractivity contribution < 1.29 is 13.9 Å². The van der Waals surface area contributed by atoms with E-state index in [-0.39, 0.29) is 17.1 Å². The number of nitrogens with one attached hydrogen (secondary N) is 1. The number of methoxy groups -OCH3 is 1. The molecule has 0 saturated carbocycles. The van der Waals surface area contributed by atoms with Gasteiger partial charge in [0.15, 0.2) is 17.3 Å². The van der Waals surface area contributed by atoms with Crippen LogP contribution in [0.2, 0.25) is 0 Å². The molecule has 4 heteroatoms. The fourth-order valence-corrected chi connectivity index (χ4v) is 3.60. The number of carbonyl (C=O) groups excluding carboxylic acids is 1. The maximum absolute atomic E-state index is 14.1. The summed E-state index contributed by atoms with van der Waals surface area (Å²) in [7, 11) is 1.41. The minimum atomic E-state index is -0.531. The van der Waals surface area contributed by atoms with Crippen LogP contribution < -0.4 is 10.1 Å². The van der Waals surface area contributed by atoms with E-state index in [0.29, 0.717) is 24.4 Å². The Balaban J connectivity index is 1.70. The summed E-state index contributed by atoms with van der Waals surface area (Å²) in [6.07, 6.45) is 4.94. The van der Waals surface area contributed by atoms with E-state index in [1.54, 1.807) is 12.1 Å². The number of Topliss-reactive ketones (excluding diaryl/α,β-unsaturated/α-hetero) is 1. The van der Waals surface area contributed by atoms with Crippen molar-refractivity contribution in [2.75, 3.05) is 7.11 Å². The lowest BCUT2D eigenvalue weighted by Crippen LogP contribution is -2.38. The second-order valence-electron chi connectivity index (χ2n) is 5.92. The lowest BCUT2D eigenvalue weighted by Gasteiger charge is -2.28. The third-order valence-corrected chi connectivity index (χ3v) is 4.53. The van der Waals surface area contributed by atoms with Crippen LogP contribution in [0.5, 0.6) is 5.75 Å². The first-order valence-electron chi connectivity index (χ1n) is 7.29. The first-order valence-corrected chi connectivity index (χ1v) is 7.29. The molecule has 0 aromatic heterocycles. The van der Waals surface area contributed by atoms with E-state index < -0.39 is 5.82 Å². The standard InChI is InChI=1S/C16H20FNO2/c1-20-15-4-2-3-13(16(15)17)14(19)9-10-7-11-5-6-12(8-10)18-11/h2-4,10-12,18H,5-9H2,1H3. The average Bonchev–Trinajstić information content (AvgIpc) is 2.78. The number of fused-ring (bicyclic) bond motifs is 2. The SMILES string of the molecule is COc1cccc(C(=O)CC2CC3CCC(C2)N3)c1F. The Labute approximate surface area is 118 Å². The Hall–Kier alpha value is -1.42. The Morgan fingerprint density at radius 3 is 2.70 bits per heavy atom. The molecule has 1 aromatic rings. The summed E-state index contributed by atoms with van der Waals surface area (Å²) in [5.74, 6) is -0.113. The number of ether oxygens (including phenoxy) is 1. The monoisotopic (exact) mass is 277 g/mol. The molecule has 0 aliphatic carbocycles. The Morgan fingerprint density at radius 2 is 2.05 bits per heavy atom. The highest BCUT2D eigenvalue weighted by atomic mass is 19.1. The van der Waals surface area contributed by atoms with Gasteiger partial charge in [0, 0.05) is 18.5 Å². The van der Waals surface area contributed by atoms with Gasteiger partial charge in [-0.05, 0) is 43.7 Å². The maximum atomic E-state index is 14.1. The highest BCUT2D eigenvalue weighted by Gasteiger charge is 2.34. The molecule has 0 amide bonds. The summed E-state index contributed by atoms with van der Waals surface area (Å²) in [5, 5.41) is 3.56. The Kier molecular flexibility index (Phi) is 3.74. The predicted octanol–water partition coefficient (Wildman–Crippen LogP) is 2.94. The fraction of sp³-hybridized carbons (Fsp3) is 0.562. The Morgan fingerprint density at radius 1 is 1.35 bits per heavy atom. The number of ketones is 1. The second kappa shape index (κ2) is 5.52. The van der Waals surface area contributed by atoms with Crippen molar-refractivity contribution in [1.82, 2.24) is 5.32 Å². The first-order chi connectivity index (χ1) is 9.67. The van der Waals surface area contributed by atoms with E-state index in [1.807, 2.05) is 0 Å².